The second-order valence-electron chi connectivity index (χ2n) is 4.12. The van der Waals surface area contributed by atoms with Crippen LogP contribution in [0.1, 0.15) is 19.3 Å². The van der Waals surface area contributed by atoms with Gasteiger partial charge in [-0.25, -0.2) is 4.39 Å². The third-order valence-corrected chi connectivity index (χ3v) is 3.92. The SMILES string of the molecule is O=C(CCSc1ccccc1F)N1CCCC1. The van der Waals surface area contributed by atoms with E-state index >= 15 is 0 Å². The summed E-state index contributed by atoms with van der Waals surface area (Å²) in [6.07, 6.45) is 2.73. The lowest BCUT2D eigenvalue weighted by Crippen LogP contribution is -2.27. The molecule has 0 bridgehead atoms. The van der Waals surface area contributed by atoms with Crippen molar-refractivity contribution in [2.45, 2.75) is 24.2 Å². The molecular formula is C13H16FNOS. The molecule has 1 aromatic carbocycles. The van der Waals surface area contributed by atoms with Crippen LogP contribution in [0.5, 0.6) is 0 Å². The van der Waals surface area contributed by atoms with Gasteiger partial charge in [0.05, 0.1) is 0 Å². The Morgan fingerprint density at radius 2 is 2.00 bits per heavy atom. The van der Waals surface area contributed by atoms with Crippen LogP contribution in [0.2, 0.25) is 0 Å². The van der Waals surface area contributed by atoms with E-state index in [1.54, 1.807) is 12.1 Å². The highest BCUT2D eigenvalue weighted by Gasteiger charge is 2.17. The smallest absolute Gasteiger partial charge is 0.223 e. The van der Waals surface area contributed by atoms with Gasteiger partial charge >= 0.3 is 0 Å². The molecule has 1 aliphatic heterocycles. The molecule has 4 heteroatoms. The number of halogens is 1. The number of nitrogens with zero attached hydrogens (tertiary/aromatic N) is 1. The highest BCUT2D eigenvalue weighted by atomic mass is 32.2. The highest BCUT2D eigenvalue weighted by molar-refractivity contribution is 7.99. The fourth-order valence-electron chi connectivity index (χ4n) is 1.93. The summed E-state index contributed by atoms with van der Waals surface area (Å²) in [5, 5.41) is 0. The number of rotatable bonds is 4. The number of thioether (sulfide) groups is 1. The van der Waals surface area contributed by atoms with Crippen molar-refractivity contribution in [2.75, 3.05) is 18.8 Å². The van der Waals surface area contributed by atoms with Crippen LogP contribution >= 0.6 is 11.8 Å². The first-order valence-electron chi connectivity index (χ1n) is 5.92. The lowest BCUT2D eigenvalue weighted by Gasteiger charge is -2.14. The lowest BCUT2D eigenvalue weighted by atomic mass is 10.3. The Balaban J connectivity index is 1.76. The molecule has 0 unspecified atom stereocenters. The van der Waals surface area contributed by atoms with Gasteiger partial charge in [-0.15, -0.1) is 11.8 Å². The van der Waals surface area contributed by atoms with Gasteiger partial charge < -0.3 is 4.90 Å². The Morgan fingerprint density at radius 1 is 1.29 bits per heavy atom. The van der Waals surface area contributed by atoms with Crippen LogP contribution in [-0.2, 0) is 4.79 Å². The van der Waals surface area contributed by atoms with Gasteiger partial charge in [0.2, 0.25) is 5.91 Å². The van der Waals surface area contributed by atoms with Crippen molar-refractivity contribution in [3.63, 3.8) is 0 Å². The van der Waals surface area contributed by atoms with Crippen molar-refractivity contribution in [1.29, 1.82) is 0 Å². The van der Waals surface area contributed by atoms with Gasteiger partial charge in [0, 0.05) is 30.2 Å². The molecule has 0 atom stereocenters. The van der Waals surface area contributed by atoms with Crippen molar-refractivity contribution in [2.24, 2.45) is 0 Å². The van der Waals surface area contributed by atoms with E-state index in [9.17, 15) is 9.18 Å². The van der Waals surface area contributed by atoms with Gasteiger partial charge in [-0.1, -0.05) is 12.1 Å². The molecule has 1 amide bonds. The first-order valence-corrected chi connectivity index (χ1v) is 6.91. The summed E-state index contributed by atoms with van der Waals surface area (Å²) < 4.78 is 13.3. The van der Waals surface area contributed by atoms with E-state index in [1.807, 2.05) is 11.0 Å². The summed E-state index contributed by atoms with van der Waals surface area (Å²) in [5.41, 5.74) is 0. The summed E-state index contributed by atoms with van der Waals surface area (Å²) in [6, 6.07) is 6.69. The van der Waals surface area contributed by atoms with Crippen LogP contribution in [-0.4, -0.2) is 29.6 Å². The first-order chi connectivity index (χ1) is 8.27. The Morgan fingerprint density at radius 3 is 2.71 bits per heavy atom. The van der Waals surface area contributed by atoms with Crippen LogP contribution < -0.4 is 0 Å². The number of hydrogen-bond donors (Lipinski definition) is 0. The zero-order valence-corrected chi connectivity index (χ0v) is 10.5. The topological polar surface area (TPSA) is 20.3 Å². The second kappa shape index (κ2) is 6.05. The molecule has 0 aromatic heterocycles. The number of benzene rings is 1. The van der Waals surface area contributed by atoms with Gasteiger partial charge in [0.25, 0.3) is 0 Å². The minimum atomic E-state index is -0.203. The average molecular weight is 253 g/mol. The van der Waals surface area contributed by atoms with Gasteiger partial charge in [-0.3, -0.25) is 4.79 Å². The zero-order chi connectivity index (χ0) is 12.1. The molecule has 17 heavy (non-hydrogen) atoms. The van der Waals surface area contributed by atoms with Gasteiger partial charge in [-0.05, 0) is 25.0 Å². The van der Waals surface area contributed by atoms with E-state index in [0.29, 0.717) is 17.1 Å². The van der Waals surface area contributed by atoms with E-state index < -0.39 is 0 Å². The number of hydrogen-bond acceptors (Lipinski definition) is 2. The Hall–Kier alpha value is -1.03. The standard InChI is InChI=1S/C13H16FNOS/c14-11-5-1-2-6-12(11)17-10-7-13(16)15-8-3-4-9-15/h1-2,5-6H,3-4,7-10H2. The molecule has 2 nitrogen and oxygen atoms in total. The Kier molecular flexibility index (Phi) is 4.42. The molecule has 92 valence electrons. The third-order valence-electron chi connectivity index (χ3n) is 2.87. The number of likely N-dealkylation sites (tertiary alicyclic amines) is 1. The molecule has 1 aliphatic rings. The maximum absolute atomic E-state index is 13.3. The quantitative estimate of drug-likeness (QED) is 0.769. The minimum Gasteiger partial charge on any atom is -0.343 e. The monoisotopic (exact) mass is 253 g/mol. The van der Waals surface area contributed by atoms with Crippen molar-refractivity contribution < 1.29 is 9.18 Å². The van der Waals surface area contributed by atoms with Crippen molar-refractivity contribution in [3.05, 3.63) is 30.1 Å². The molecule has 0 aliphatic carbocycles. The van der Waals surface area contributed by atoms with Crippen molar-refractivity contribution in [1.82, 2.24) is 4.90 Å². The molecule has 1 saturated heterocycles. The third kappa shape index (κ3) is 3.46. The average Bonchev–Trinajstić information content (AvgIpc) is 2.85. The molecule has 2 rings (SSSR count). The van der Waals surface area contributed by atoms with Crippen LogP contribution in [0, 0.1) is 5.82 Å². The van der Waals surface area contributed by atoms with Crippen LogP contribution in [0.25, 0.3) is 0 Å². The zero-order valence-electron chi connectivity index (χ0n) is 9.69. The summed E-state index contributed by atoms with van der Waals surface area (Å²) in [5.74, 6) is 0.647. The lowest BCUT2D eigenvalue weighted by molar-refractivity contribution is -0.129. The van der Waals surface area contributed by atoms with E-state index in [4.69, 9.17) is 0 Å². The summed E-state index contributed by atoms with van der Waals surface area (Å²) in [4.78, 5) is 14.3. The molecule has 0 spiro atoms. The molecule has 1 heterocycles. The second-order valence-corrected chi connectivity index (χ2v) is 5.25. The van der Waals surface area contributed by atoms with Crippen LogP contribution in [0.4, 0.5) is 4.39 Å². The Labute approximate surface area is 105 Å². The molecule has 0 N–H and O–H groups in total. The Bertz CT molecular complexity index is 391. The van der Waals surface area contributed by atoms with E-state index in [-0.39, 0.29) is 11.7 Å². The van der Waals surface area contributed by atoms with Crippen LogP contribution in [0.3, 0.4) is 0 Å². The van der Waals surface area contributed by atoms with Gasteiger partial charge in [-0.2, -0.15) is 0 Å². The van der Waals surface area contributed by atoms with Crippen molar-refractivity contribution in [3.8, 4) is 0 Å². The molecule has 1 aromatic rings. The predicted molar refractivity (Wildman–Crippen MR) is 67.6 cm³/mol. The normalized spacial score (nSPS) is 15.2. The fraction of sp³-hybridized carbons (Fsp3) is 0.462. The number of carbonyl (C=O) groups excluding carboxylic acids is 1. The molecule has 0 radical (unpaired) electrons. The summed E-state index contributed by atoms with van der Waals surface area (Å²) in [6.45, 7) is 1.78. The van der Waals surface area contributed by atoms with E-state index in [1.165, 1.54) is 17.8 Å². The maximum Gasteiger partial charge on any atom is 0.223 e. The largest absolute Gasteiger partial charge is 0.343 e. The first kappa shape index (κ1) is 12.4. The van der Waals surface area contributed by atoms with E-state index in [0.717, 1.165) is 25.9 Å². The van der Waals surface area contributed by atoms with E-state index in [2.05, 4.69) is 0 Å². The number of amides is 1. The predicted octanol–water partition coefficient (Wildman–Crippen LogP) is 2.93. The van der Waals surface area contributed by atoms with Crippen LogP contribution in [0.15, 0.2) is 29.2 Å². The maximum atomic E-state index is 13.3. The molecule has 0 saturated carbocycles. The summed E-state index contributed by atoms with van der Waals surface area (Å²) in [7, 11) is 0. The van der Waals surface area contributed by atoms with Crippen molar-refractivity contribution >= 4 is 17.7 Å². The minimum absolute atomic E-state index is 0.200. The van der Waals surface area contributed by atoms with Gasteiger partial charge in [0.15, 0.2) is 0 Å². The molecular weight excluding hydrogens is 237 g/mol. The fourth-order valence-corrected chi connectivity index (χ4v) is 2.81. The number of carbonyl (C=O) groups is 1. The highest BCUT2D eigenvalue weighted by Crippen LogP contribution is 2.22. The molecule has 1 fully saturated rings. The summed E-state index contributed by atoms with van der Waals surface area (Å²) >= 11 is 1.41. The van der Waals surface area contributed by atoms with Gasteiger partial charge in [0.1, 0.15) is 5.82 Å².